The lowest BCUT2D eigenvalue weighted by Crippen LogP contribution is -2.48. The fourth-order valence-electron chi connectivity index (χ4n) is 3.56. The number of carbonyl (C=O) groups excluding carboxylic acids is 1. The molecule has 2 amide bonds. The Morgan fingerprint density at radius 3 is 2.77 bits per heavy atom. The molecule has 1 atom stereocenters. The molecule has 1 unspecified atom stereocenters. The molecule has 0 saturated carbocycles. The van der Waals surface area contributed by atoms with Gasteiger partial charge in [-0.05, 0) is 50.9 Å². The number of likely N-dealkylation sites (tertiary alicyclic amines) is 1. The van der Waals surface area contributed by atoms with Crippen molar-refractivity contribution in [1.29, 1.82) is 0 Å². The van der Waals surface area contributed by atoms with E-state index in [1.54, 1.807) is 0 Å². The van der Waals surface area contributed by atoms with Crippen molar-refractivity contribution in [2.75, 3.05) is 32.7 Å². The fraction of sp³-hybridized carbons (Fsp3) is 0.706. The van der Waals surface area contributed by atoms with Crippen molar-refractivity contribution in [1.82, 2.24) is 19.7 Å². The van der Waals surface area contributed by atoms with Crippen LogP contribution in [0.3, 0.4) is 0 Å². The van der Waals surface area contributed by atoms with Crippen molar-refractivity contribution < 1.29 is 4.79 Å². The average molecular weight is 304 g/mol. The molecule has 1 aromatic rings. The minimum atomic E-state index is 0.0744. The highest BCUT2D eigenvalue weighted by atomic mass is 16.2. The molecule has 2 aliphatic rings. The average Bonchev–Trinajstić information content (AvgIpc) is 2.99. The second-order valence-electron chi connectivity index (χ2n) is 6.75. The third-order valence-corrected chi connectivity index (χ3v) is 5.18. The minimum absolute atomic E-state index is 0.0744. The summed E-state index contributed by atoms with van der Waals surface area (Å²) in [6, 6.07) is 4.40. The maximum absolute atomic E-state index is 12.4. The lowest BCUT2D eigenvalue weighted by Gasteiger charge is -2.35. The molecular weight excluding hydrogens is 276 g/mol. The van der Waals surface area contributed by atoms with Crippen LogP contribution in [0.1, 0.15) is 38.4 Å². The van der Waals surface area contributed by atoms with Crippen molar-refractivity contribution in [2.45, 2.75) is 39.3 Å². The van der Waals surface area contributed by atoms with E-state index in [2.05, 4.69) is 47.0 Å². The lowest BCUT2D eigenvalue weighted by atomic mass is 9.99. The highest BCUT2D eigenvalue weighted by molar-refractivity contribution is 5.74. The van der Waals surface area contributed by atoms with Gasteiger partial charge in [0.2, 0.25) is 0 Å². The Morgan fingerprint density at radius 1 is 1.23 bits per heavy atom. The zero-order valence-electron chi connectivity index (χ0n) is 13.8. The number of fused-ring (bicyclic) bond motifs is 1. The molecule has 1 saturated heterocycles. The molecule has 1 aromatic heterocycles. The van der Waals surface area contributed by atoms with E-state index in [-0.39, 0.29) is 12.1 Å². The summed E-state index contributed by atoms with van der Waals surface area (Å²) in [6.45, 7) is 10.2. The van der Waals surface area contributed by atoms with E-state index in [0.717, 1.165) is 32.1 Å². The van der Waals surface area contributed by atoms with Crippen molar-refractivity contribution in [3.05, 3.63) is 24.0 Å². The normalized spacial score (nSPS) is 23.4. The van der Waals surface area contributed by atoms with E-state index < -0.39 is 0 Å². The van der Waals surface area contributed by atoms with Crippen LogP contribution in [0.4, 0.5) is 4.79 Å². The number of nitrogens with zero attached hydrogens (tertiary/aromatic N) is 3. The largest absolute Gasteiger partial charge is 0.348 e. The predicted molar refractivity (Wildman–Crippen MR) is 87.8 cm³/mol. The minimum Gasteiger partial charge on any atom is -0.348 e. The summed E-state index contributed by atoms with van der Waals surface area (Å²) < 4.78 is 2.24. The summed E-state index contributed by atoms with van der Waals surface area (Å²) in [5.41, 5.74) is 1.23. The van der Waals surface area contributed by atoms with Gasteiger partial charge in [0.1, 0.15) is 0 Å². The van der Waals surface area contributed by atoms with Gasteiger partial charge in [-0.15, -0.1) is 0 Å². The van der Waals surface area contributed by atoms with Crippen LogP contribution < -0.4 is 5.32 Å². The van der Waals surface area contributed by atoms with E-state index in [9.17, 15) is 4.79 Å². The van der Waals surface area contributed by atoms with E-state index in [0.29, 0.717) is 0 Å². The van der Waals surface area contributed by atoms with Crippen LogP contribution in [-0.4, -0.2) is 53.1 Å². The second-order valence-corrected chi connectivity index (χ2v) is 6.75. The number of urea groups is 1. The molecule has 0 aliphatic carbocycles. The van der Waals surface area contributed by atoms with Crippen LogP contribution >= 0.6 is 0 Å². The number of amides is 2. The first-order valence-electron chi connectivity index (χ1n) is 8.57. The molecule has 0 radical (unpaired) electrons. The SMILES string of the molecule is CC1CCN(CCNC(=O)N2CCn3cccc3C2C)CC1. The van der Waals surface area contributed by atoms with E-state index in [4.69, 9.17) is 0 Å². The topological polar surface area (TPSA) is 40.5 Å². The molecule has 122 valence electrons. The molecule has 1 fully saturated rings. The van der Waals surface area contributed by atoms with Crippen LogP contribution in [0.15, 0.2) is 18.3 Å². The maximum Gasteiger partial charge on any atom is 0.318 e. The number of rotatable bonds is 3. The first kappa shape index (κ1) is 15.4. The van der Waals surface area contributed by atoms with E-state index in [1.807, 2.05) is 4.90 Å². The van der Waals surface area contributed by atoms with Gasteiger partial charge in [0.15, 0.2) is 0 Å². The molecule has 5 heteroatoms. The Balaban J connectivity index is 1.45. The van der Waals surface area contributed by atoms with Gasteiger partial charge in [0.25, 0.3) is 0 Å². The van der Waals surface area contributed by atoms with Gasteiger partial charge in [0, 0.05) is 38.1 Å². The Kier molecular flexibility index (Phi) is 4.71. The zero-order chi connectivity index (χ0) is 15.5. The summed E-state index contributed by atoms with van der Waals surface area (Å²) in [5, 5.41) is 3.10. The van der Waals surface area contributed by atoms with Crippen molar-refractivity contribution in [3.8, 4) is 0 Å². The van der Waals surface area contributed by atoms with Gasteiger partial charge >= 0.3 is 6.03 Å². The highest BCUT2D eigenvalue weighted by Crippen LogP contribution is 2.25. The maximum atomic E-state index is 12.4. The first-order chi connectivity index (χ1) is 10.6. The van der Waals surface area contributed by atoms with E-state index in [1.165, 1.54) is 31.6 Å². The van der Waals surface area contributed by atoms with Gasteiger partial charge in [0.05, 0.1) is 6.04 Å². The summed E-state index contributed by atoms with van der Waals surface area (Å²) in [7, 11) is 0. The molecular formula is C17H28N4O. The second kappa shape index (κ2) is 6.73. The van der Waals surface area contributed by atoms with Gasteiger partial charge in [-0.3, -0.25) is 0 Å². The van der Waals surface area contributed by atoms with Gasteiger partial charge in [-0.2, -0.15) is 0 Å². The lowest BCUT2D eigenvalue weighted by molar-refractivity contribution is 0.157. The highest BCUT2D eigenvalue weighted by Gasteiger charge is 2.27. The molecule has 3 heterocycles. The first-order valence-corrected chi connectivity index (χ1v) is 8.57. The zero-order valence-corrected chi connectivity index (χ0v) is 13.8. The molecule has 3 rings (SSSR count). The number of carbonyl (C=O) groups is 1. The molecule has 2 aliphatic heterocycles. The number of nitrogens with one attached hydrogen (secondary N) is 1. The van der Waals surface area contributed by atoms with Crippen LogP contribution in [0, 0.1) is 5.92 Å². The molecule has 0 spiro atoms. The molecule has 0 bridgehead atoms. The Bertz CT molecular complexity index is 505. The fourth-order valence-corrected chi connectivity index (χ4v) is 3.56. The smallest absolute Gasteiger partial charge is 0.318 e. The van der Waals surface area contributed by atoms with Crippen molar-refractivity contribution >= 4 is 6.03 Å². The Hall–Kier alpha value is -1.49. The molecule has 1 N–H and O–H groups in total. The Labute approximate surface area is 133 Å². The van der Waals surface area contributed by atoms with Crippen LogP contribution in [-0.2, 0) is 6.54 Å². The van der Waals surface area contributed by atoms with Crippen molar-refractivity contribution in [3.63, 3.8) is 0 Å². The third-order valence-electron chi connectivity index (χ3n) is 5.18. The standard InChI is InChI=1S/C17H28N4O/c1-14-5-9-19(10-6-14)11-7-18-17(22)21-13-12-20-8-3-4-16(20)15(21)2/h3-4,8,14-15H,5-7,9-13H2,1-2H3,(H,18,22). The summed E-state index contributed by atoms with van der Waals surface area (Å²) >= 11 is 0. The van der Waals surface area contributed by atoms with Crippen molar-refractivity contribution in [2.24, 2.45) is 5.92 Å². The summed E-state index contributed by atoms with van der Waals surface area (Å²) in [5.74, 6) is 0.858. The van der Waals surface area contributed by atoms with Gasteiger partial charge in [-0.1, -0.05) is 6.92 Å². The monoisotopic (exact) mass is 304 g/mol. The predicted octanol–water partition coefficient (Wildman–Crippen LogP) is 2.31. The summed E-state index contributed by atoms with van der Waals surface area (Å²) in [6.07, 6.45) is 4.67. The molecule has 22 heavy (non-hydrogen) atoms. The number of hydrogen-bond acceptors (Lipinski definition) is 2. The Morgan fingerprint density at radius 2 is 2.00 bits per heavy atom. The van der Waals surface area contributed by atoms with Crippen LogP contribution in [0.2, 0.25) is 0 Å². The van der Waals surface area contributed by atoms with E-state index >= 15 is 0 Å². The quantitative estimate of drug-likeness (QED) is 0.931. The number of hydrogen-bond donors (Lipinski definition) is 1. The van der Waals surface area contributed by atoms with Crippen LogP contribution in [0.25, 0.3) is 0 Å². The number of piperidine rings is 1. The van der Waals surface area contributed by atoms with Gasteiger partial charge < -0.3 is 19.7 Å². The van der Waals surface area contributed by atoms with Gasteiger partial charge in [-0.25, -0.2) is 4.79 Å². The third kappa shape index (κ3) is 3.29. The van der Waals surface area contributed by atoms with Crippen LogP contribution in [0.5, 0.6) is 0 Å². The molecule has 5 nitrogen and oxygen atoms in total. The number of aromatic nitrogens is 1. The molecule has 0 aromatic carbocycles. The summed E-state index contributed by atoms with van der Waals surface area (Å²) in [4.78, 5) is 16.8.